The summed E-state index contributed by atoms with van der Waals surface area (Å²) in [5, 5.41) is 5.37. The van der Waals surface area contributed by atoms with Crippen molar-refractivity contribution in [1.29, 1.82) is 0 Å². The molecular weight excluding hydrogens is 268 g/mol. The fourth-order valence-corrected chi connectivity index (χ4v) is 2.10. The molecule has 5 heteroatoms. The largest absolute Gasteiger partial charge is 0.468 e. The quantitative estimate of drug-likeness (QED) is 0.842. The molecule has 5 nitrogen and oxygen atoms in total. The van der Waals surface area contributed by atoms with Gasteiger partial charge in [0, 0.05) is 6.54 Å². The zero-order valence-electron chi connectivity index (χ0n) is 11.2. The van der Waals surface area contributed by atoms with Crippen molar-refractivity contribution in [2.75, 3.05) is 5.32 Å². The molecule has 21 heavy (non-hydrogen) atoms. The highest BCUT2D eigenvalue weighted by Gasteiger charge is 2.33. The summed E-state index contributed by atoms with van der Waals surface area (Å²) in [5.74, 6) is -0.415. The molecule has 0 saturated heterocycles. The molecule has 0 fully saturated rings. The Morgan fingerprint density at radius 1 is 1.10 bits per heavy atom. The molecule has 0 aliphatic carbocycles. The van der Waals surface area contributed by atoms with Gasteiger partial charge in [0.05, 0.1) is 5.69 Å². The third-order valence-electron chi connectivity index (χ3n) is 3.18. The fourth-order valence-electron chi connectivity index (χ4n) is 2.10. The van der Waals surface area contributed by atoms with Crippen LogP contribution in [0.5, 0.6) is 5.75 Å². The summed E-state index contributed by atoms with van der Waals surface area (Å²) in [5.41, 5.74) is 1.54. The van der Waals surface area contributed by atoms with Gasteiger partial charge in [-0.3, -0.25) is 9.59 Å². The number of para-hydroxylation sites is 2. The predicted molar refractivity (Wildman–Crippen MR) is 77.8 cm³/mol. The standard InChI is InChI=1S/C16H14N2O3/c19-15(17-10-11-6-2-1-3-7-11)14-16(20)18-12-8-4-5-9-13(12)21-14/h1-9,14H,10H2,(H,17,19)(H,18,20)/t14-/m1/s1. The summed E-state index contributed by atoms with van der Waals surface area (Å²) in [6.07, 6.45) is -1.16. The third-order valence-corrected chi connectivity index (χ3v) is 3.18. The minimum Gasteiger partial charge on any atom is -0.468 e. The second-order valence-corrected chi connectivity index (χ2v) is 4.69. The Hall–Kier alpha value is -2.82. The van der Waals surface area contributed by atoms with Gasteiger partial charge >= 0.3 is 0 Å². The first kappa shape index (κ1) is 13.2. The van der Waals surface area contributed by atoms with Crippen LogP contribution in [0.1, 0.15) is 5.56 Å². The lowest BCUT2D eigenvalue weighted by Gasteiger charge is -2.24. The van der Waals surface area contributed by atoms with Crippen LogP contribution in [0.3, 0.4) is 0 Å². The highest BCUT2D eigenvalue weighted by Crippen LogP contribution is 2.28. The molecule has 0 spiro atoms. The Kier molecular flexibility index (Phi) is 3.55. The van der Waals surface area contributed by atoms with Gasteiger partial charge in [-0.25, -0.2) is 0 Å². The average molecular weight is 282 g/mol. The molecular formula is C16H14N2O3. The van der Waals surface area contributed by atoms with Crippen molar-refractivity contribution in [2.45, 2.75) is 12.6 Å². The van der Waals surface area contributed by atoms with Gasteiger partial charge < -0.3 is 15.4 Å². The number of nitrogens with one attached hydrogen (secondary N) is 2. The number of amides is 2. The first-order valence-corrected chi connectivity index (χ1v) is 6.62. The van der Waals surface area contributed by atoms with Crippen molar-refractivity contribution >= 4 is 17.5 Å². The van der Waals surface area contributed by atoms with Gasteiger partial charge in [0.15, 0.2) is 0 Å². The van der Waals surface area contributed by atoms with Crippen LogP contribution in [0, 0.1) is 0 Å². The number of ether oxygens (including phenoxy) is 1. The second-order valence-electron chi connectivity index (χ2n) is 4.69. The summed E-state index contributed by atoms with van der Waals surface area (Å²) >= 11 is 0. The highest BCUT2D eigenvalue weighted by molar-refractivity contribution is 6.11. The molecule has 3 rings (SSSR count). The molecule has 2 aromatic carbocycles. The van der Waals surface area contributed by atoms with Crippen molar-refractivity contribution in [3.8, 4) is 5.75 Å². The summed E-state index contributed by atoms with van der Waals surface area (Å²) in [6.45, 7) is 0.356. The summed E-state index contributed by atoms with van der Waals surface area (Å²) in [6, 6.07) is 16.5. The number of rotatable bonds is 3. The van der Waals surface area contributed by atoms with Crippen LogP contribution >= 0.6 is 0 Å². The van der Waals surface area contributed by atoms with E-state index in [9.17, 15) is 9.59 Å². The number of hydrogen-bond acceptors (Lipinski definition) is 3. The van der Waals surface area contributed by atoms with Crippen LogP contribution in [0.25, 0.3) is 0 Å². The van der Waals surface area contributed by atoms with Crippen LogP contribution in [0.15, 0.2) is 54.6 Å². The van der Waals surface area contributed by atoms with E-state index in [1.54, 1.807) is 24.3 Å². The van der Waals surface area contributed by atoms with Gasteiger partial charge in [-0.1, -0.05) is 42.5 Å². The van der Waals surface area contributed by atoms with Crippen molar-refractivity contribution in [2.24, 2.45) is 0 Å². The molecule has 2 N–H and O–H groups in total. The van der Waals surface area contributed by atoms with E-state index in [1.807, 2.05) is 30.3 Å². The monoisotopic (exact) mass is 282 g/mol. The first-order valence-electron chi connectivity index (χ1n) is 6.62. The van der Waals surface area contributed by atoms with Crippen molar-refractivity contribution < 1.29 is 14.3 Å². The summed E-state index contributed by atoms with van der Waals surface area (Å²) in [4.78, 5) is 24.0. The molecule has 106 valence electrons. The lowest BCUT2D eigenvalue weighted by molar-refractivity contribution is -0.137. The summed E-state index contributed by atoms with van der Waals surface area (Å²) < 4.78 is 5.47. The summed E-state index contributed by atoms with van der Waals surface area (Å²) in [7, 11) is 0. The van der Waals surface area contributed by atoms with Gasteiger partial charge in [0.1, 0.15) is 5.75 Å². The van der Waals surface area contributed by atoms with E-state index < -0.39 is 17.9 Å². The van der Waals surface area contributed by atoms with Crippen molar-refractivity contribution in [3.05, 3.63) is 60.2 Å². The molecule has 1 heterocycles. The van der Waals surface area contributed by atoms with Gasteiger partial charge in [0.25, 0.3) is 17.9 Å². The Labute approximate surface area is 121 Å². The Bertz CT molecular complexity index is 670. The van der Waals surface area contributed by atoms with E-state index in [1.165, 1.54) is 0 Å². The van der Waals surface area contributed by atoms with Gasteiger partial charge in [-0.2, -0.15) is 0 Å². The van der Waals surface area contributed by atoms with E-state index in [2.05, 4.69) is 10.6 Å². The van der Waals surface area contributed by atoms with Crippen LogP contribution in [-0.2, 0) is 16.1 Å². The number of benzene rings is 2. The highest BCUT2D eigenvalue weighted by atomic mass is 16.5. The maximum absolute atomic E-state index is 12.1. The molecule has 0 saturated carbocycles. The Balaban J connectivity index is 1.67. The van der Waals surface area contributed by atoms with Crippen molar-refractivity contribution in [1.82, 2.24) is 5.32 Å². The van der Waals surface area contributed by atoms with Crippen LogP contribution < -0.4 is 15.4 Å². The SMILES string of the molecule is O=C(NCc1ccccc1)[C@H]1Oc2ccccc2NC1=O. The fraction of sp³-hybridized carbons (Fsp3) is 0.125. The molecule has 0 bridgehead atoms. The molecule has 2 amide bonds. The minimum atomic E-state index is -1.16. The maximum atomic E-state index is 12.1. The van der Waals surface area contributed by atoms with Crippen molar-refractivity contribution in [3.63, 3.8) is 0 Å². The first-order chi connectivity index (χ1) is 10.2. The van der Waals surface area contributed by atoms with Crippen LogP contribution in [-0.4, -0.2) is 17.9 Å². The van der Waals surface area contributed by atoms with Gasteiger partial charge in [-0.15, -0.1) is 0 Å². The number of carbonyl (C=O) groups is 2. The van der Waals surface area contributed by atoms with E-state index in [0.29, 0.717) is 18.0 Å². The second kappa shape index (κ2) is 5.66. The molecule has 2 aromatic rings. The lowest BCUT2D eigenvalue weighted by Crippen LogP contribution is -2.48. The lowest BCUT2D eigenvalue weighted by atomic mass is 10.2. The molecule has 1 aliphatic heterocycles. The number of anilines is 1. The Morgan fingerprint density at radius 3 is 2.62 bits per heavy atom. The molecule has 1 atom stereocenters. The van der Waals surface area contributed by atoms with Crippen LogP contribution in [0.2, 0.25) is 0 Å². The normalized spacial score (nSPS) is 16.4. The third kappa shape index (κ3) is 2.86. The van der Waals surface area contributed by atoms with E-state index in [4.69, 9.17) is 4.74 Å². The van der Waals surface area contributed by atoms with E-state index in [0.717, 1.165) is 5.56 Å². The van der Waals surface area contributed by atoms with Crippen LogP contribution in [0.4, 0.5) is 5.69 Å². The molecule has 0 radical (unpaired) electrons. The maximum Gasteiger partial charge on any atom is 0.275 e. The van der Waals surface area contributed by atoms with E-state index in [-0.39, 0.29) is 0 Å². The number of fused-ring (bicyclic) bond motifs is 1. The van der Waals surface area contributed by atoms with Gasteiger partial charge in [-0.05, 0) is 17.7 Å². The average Bonchev–Trinajstić information content (AvgIpc) is 2.53. The van der Waals surface area contributed by atoms with Gasteiger partial charge in [0.2, 0.25) is 0 Å². The minimum absolute atomic E-state index is 0.356. The number of hydrogen-bond donors (Lipinski definition) is 2. The molecule has 0 aromatic heterocycles. The Morgan fingerprint density at radius 2 is 1.81 bits per heavy atom. The number of carbonyl (C=O) groups excluding carboxylic acids is 2. The molecule has 1 aliphatic rings. The zero-order valence-corrected chi connectivity index (χ0v) is 11.2. The predicted octanol–water partition coefficient (Wildman–Crippen LogP) is 1.70. The zero-order chi connectivity index (χ0) is 14.7. The topological polar surface area (TPSA) is 67.4 Å². The molecule has 0 unspecified atom stereocenters. The smallest absolute Gasteiger partial charge is 0.275 e. The van der Waals surface area contributed by atoms with E-state index >= 15 is 0 Å².